The molecule has 0 amide bonds. The molecule has 1 heterocycles. The number of rotatable bonds is 4. The second kappa shape index (κ2) is 6.30. The van der Waals surface area contributed by atoms with Crippen molar-refractivity contribution in [3.63, 3.8) is 0 Å². The molecule has 1 unspecified atom stereocenters. The topological polar surface area (TPSA) is 59.2 Å². The molecule has 0 aliphatic carbocycles. The number of carbonyl (C=O) groups is 1. The molecule has 1 atom stereocenters. The number of ether oxygens (including phenoxy) is 1. The van der Waals surface area contributed by atoms with E-state index in [1.807, 2.05) is 0 Å². The molecule has 0 aliphatic rings. The van der Waals surface area contributed by atoms with Crippen molar-refractivity contribution >= 4 is 5.97 Å². The summed E-state index contributed by atoms with van der Waals surface area (Å²) < 4.78 is 31.9. The molecule has 0 saturated heterocycles. The molecule has 1 aromatic heterocycles. The van der Waals surface area contributed by atoms with Gasteiger partial charge in [0.05, 0.1) is 6.61 Å². The molecule has 0 bridgehead atoms. The van der Waals surface area contributed by atoms with Crippen molar-refractivity contribution < 1.29 is 18.3 Å². The Kier molecular flexibility index (Phi) is 4.47. The van der Waals surface area contributed by atoms with Gasteiger partial charge in [-0.3, -0.25) is 9.59 Å². The van der Waals surface area contributed by atoms with Crippen molar-refractivity contribution in [1.29, 1.82) is 0 Å². The molecule has 0 saturated carbocycles. The van der Waals surface area contributed by atoms with Crippen LogP contribution in [0.5, 0.6) is 0 Å². The first-order chi connectivity index (χ1) is 10.0. The smallest absolute Gasteiger partial charge is 0.318 e. The number of benzene rings is 1. The summed E-state index contributed by atoms with van der Waals surface area (Å²) in [5, 5.41) is 0. The van der Waals surface area contributed by atoms with E-state index >= 15 is 0 Å². The summed E-state index contributed by atoms with van der Waals surface area (Å²) in [6.45, 7) is 1.69. The third-order valence-corrected chi connectivity index (χ3v) is 2.96. The lowest BCUT2D eigenvalue weighted by molar-refractivity contribution is -0.143. The zero-order valence-electron chi connectivity index (χ0n) is 11.2. The Bertz CT molecular complexity index is 712. The van der Waals surface area contributed by atoms with E-state index in [1.54, 1.807) is 6.92 Å². The molecule has 2 aromatic rings. The van der Waals surface area contributed by atoms with Gasteiger partial charge in [0.2, 0.25) is 0 Å². The van der Waals surface area contributed by atoms with Gasteiger partial charge in [0.15, 0.2) is 0 Å². The average Bonchev–Trinajstić information content (AvgIpc) is 2.44. The van der Waals surface area contributed by atoms with Gasteiger partial charge in [0.25, 0.3) is 5.56 Å². The van der Waals surface area contributed by atoms with E-state index in [1.165, 1.54) is 18.3 Å². The Morgan fingerprint density at radius 3 is 2.67 bits per heavy atom. The lowest BCUT2D eigenvalue weighted by Gasteiger charge is -2.16. The highest BCUT2D eigenvalue weighted by Gasteiger charge is 2.29. The van der Waals surface area contributed by atoms with E-state index in [2.05, 4.69) is 4.98 Å². The molecule has 2 rings (SSSR count). The molecule has 0 radical (unpaired) electrons. The van der Waals surface area contributed by atoms with Crippen LogP contribution in [0.3, 0.4) is 0 Å². The van der Waals surface area contributed by atoms with Gasteiger partial charge in [0.1, 0.15) is 17.6 Å². The molecule has 0 spiro atoms. The van der Waals surface area contributed by atoms with Crippen molar-refractivity contribution in [3.05, 3.63) is 69.6 Å². The molecule has 6 heteroatoms. The molecule has 21 heavy (non-hydrogen) atoms. The Labute approximate surface area is 119 Å². The van der Waals surface area contributed by atoms with Crippen LogP contribution in [0.15, 0.2) is 41.3 Å². The van der Waals surface area contributed by atoms with E-state index in [-0.39, 0.29) is 17.7 Å². The molecule has 4 nitrogen and oxygen atoms in total. The average molecular weight is 293 g/mol. The Morgan fingerprint density at radius 2 is 2.05 bits per heavy atom. The SMILES string of the molecule is CCOC(=O)C(c1ccc(F)cc1F)c1ccc[nH]c1=O. The lowest BCUT2D eigenvalue weighted by Crippen LogP contribution is -2.25. The molecular formula is C15H13F2NO3. The monoisotopic (exact) mass is 293 g/mol. The van der Waals surface area contributed by atoms with Gasteiger partial charge in [-0.25, -0.2) is 8.78 Å². The number of H-pyrrole nitrogens is 1. The van der Waals surface area contributed by atoms with Gasteiger partial charge < -0.3 is 9.72 Å². The molecule has 0 fully saturated rings. The molecular weight excluding hydrogens is 280 g/mol. The first-order valence-corrected chi connectivity index (χ1v) is 6.33. The van der Waals surface area contributed by atoms with Crippen LogP contribution in [-0.2, 0) is 9.53 Å². The largest absolute Gasteiger partial charge is 0.465 e. The van der Waals surface area contributed by atoms with E-state index in [4.69, 9.17) is 4.74 Å². The van der Waals surface area contributed by atoms with E-state index < -0.39 is 29.1 Å². The van der Waals surface area contributed by atoms with Crippen LogP contribution < -0.4 is 5.56 Å². The van der Waals surface area contributed by atoms with E-state index in [9.17, 15) is 18.4 Å². The van der Waals surface area contributed by atoms with Crippen LogP contribution in [-0.4, -0.2) is 17.6 Å². The summed E-state index contributed by atoms with van der Waals surface area (Å²) in [5.41, 5.74) is -0.590. The Balaban J connectivity index is 2.59. The first kappa shape index (κ1) is 14.9. The summed E-state index contributed by atoms with van der Waals surface area (Å²) in [5.74, 6) is -3.67. The van der Waals surface area contributed by atoms with Crippen LogP contribution >= 0.6 is 0 Å². The van der Waals surface area contributed by atoms with Crippen molar-refractivity contribution in [2.24, 2.45) is 0 Å². The molecule has 1 N–H and O–H groups in total. The molecule has 0 aliphatic heterocycles. The second-order valence-electron chi connectivity index (χ2n) is 4.31. The fourth-order valence-corrected chi connectivity index (χ4v) is 2.04. The number of aromatic nitrogens is 1. The maximum absolute atomic E-state index is 14.0. The van der Waals surface area contributed by atoms with Crippen LogP contribution in [0.2, 0.25) is 0 Å². The summed E-state index contributed by atoms with van der Waals surface area (Å²) in [6, 6.07) is 5.76. The van der Waals surface area contributed by atoms with Crippen molar-refractivity contribution in [3.8, 4) is 0 Å². The normalized spacial score (nSPS) is 12.0. The van der Waals surface area contributed by atoms with Crippen LogP contribution in [0.1, 0.15) is 24.0 Å². The van der Waals surface area contributed by atoms with Crippen LogP contribution in [0.4, 0.5) is 8.78 Å². The highest BCUT2D eigenvalue weighted by Crippen LogP contribution is 2.26. The minimum Gasteiger partial charge on any atom is -0.465 e. The number of esters is 1. The van der Waals surface area contributed by atoms with Gasteiger partial charge in [-0.15, -0.1) is 0 Å². The van der Waals surface area contributed by atoms with Gasteiger partial charge in [-0.2, -0.15) is 0 Å². The standard InChI is InChI=1S/C15H13F2NO3/c1-2-21-15(20)13(11-4-3-7-18-14(11)19)10-6-5-9(16)8-12(10)17/h3-8,13H,2H2,1H3,(H,18,19). The number of aromatic amines is 1. The van der Waals surface area contributed by atoms with Crippen LogP contribution in [0, 0.1) is 11.6 Å². The fourth-order valence-electron chi connectivity index (χ4n) is 2.04. The zero-order chi connectivity index (χ0) is 15.4. The Hall–Kier alpha value is -2.50. The van der Waals surface area contributed by atoms with E-state index in [0.29, 0.717) is 6.07 Å². The number of hydrogen-bond acceptors (Lipinski definition) is 3. The highest BCUT2D eigenvalue weighted by molar-refractivity contribution is 5.82. The Morgan fingerprint density at radius 1 is 1.29 bits per heavy atom. The van der Waals surface area contributed by atoms with Crippen molar-refractivity contribution in [1.82, 2.24) is 4.98 Å². The second-order valence-corrected chi connectivity index (χ2v) is 4.31. The fraction of sp³-hybridized carbons (Fsp3) is 0.200. The number of halogens is 2. The summed E-state index contributed by atoms with van der Waals surface area (Å²) in [4.78, 5) is 26.4. The minimum atomic E-state index is -1.24. The van der Waals surface area contributed by atoms with Gasteiger partial charge in [-0.1, -0.05) is 12.1 Å². The van der Waals surface area contributed by atoms with Crippen molar-refractivity contribution in [2.45, 2.75) is 12.8 Å². The third-order valence-electron chi connectivity index (χ3n) is 2.96. The predicted molar refractivity (Wildman–Crippen MR) is 71.9 cm³/mol. The molecule has 110 valence electrons. The van der Waals surface area contributed by atoms with Crippen LogP contribution in [0.25, 0.3) is 0 Å². The number of hydrogen-bond donors (Lipinski definition) is 1. The quantitative estimate of drug-likeness (QED) is 0.880. The third kappa shape index (κ3) is 3.16. The number of pyridine rings is 1. The minimum absolute atomic E-state index is 0.0430. The summed E-state index contributed by atoms with van der Waals surface area (Å²) in [6.07, 6.45) is 1.40. The maximum Gasteiger partial charge on any atom is 0.318 e. The lowest BCUT2D eigenvalue weighted by atomic mass is 9.92. The predicted octanol–water partition coefficient (Wildman–Crippen LogP) is 2.35. The summed E-state index contributed by atoms with van der Waals surface area (Å²) in [7, 11) is 0. The summed E-state index contributed by atoms with van der Waals surface area (Å²) >= 11 is 0. The maximum atomic E-state index is 14.0. The highest BCUT2D eigenvalue weighted by atomic mass is 19.1. The van der Waals surface area contributed by atoms with E-state index in [0.717, 1.165) is 12.1 Å². The molecule has 1 aromatic carbocycles. The van der Waals surface area contributed by atoms with Gasteiger partial charge >= 0.3 is 5.97 Å². The number of carbonyl (C=O) groups excluding carboxylic acids is 1. The van der Waals surface area contributed by atoms with Crippen molar-refractivity contribution in [2.75, 3.05) is 6.61 Å². The van der Waals surface area contributed by atoms with Gasteiger partial charge in [0, 0.05) is 23.4 Å². The first-order valence-electron chi connectivity index (χ1n) is 6.33. The number of nitrogens with one attached hydrogen (secondary N) is 1. The van der Waals surface area contributed by atoms with Gasteiger partial charge in [-0.05, 0) is 19.1 Å². The zero-order valence-corrected chi connectivity index (χ0v) is 11.2.